The van der Waals surface area contributed by atoms with E-state index < -0.39 is 0 Å². The summed E-state index contributed by atoms with van der Waals surface area (Å²) >= 11 is 0. The highest BCUT2D eigenvalue weighted by Crippen LogP contribution is 2.53. The molecule has 7 aromatic carbocycles. The van der Waals surface area contributed by atoms with Crippen LogP contribution in [0.25, 0.3) is 79.3 Å². The molecule has 0 bridgehead atoms. The molecular formula is C56H42O2. The maximum absolute atomic E-state index is 6.79. The Labute approximate surface area is 340 Å². The highest BCUT2D eigenvalue weighted by molar-refractivity contribution is 6.10. The molecule has 0 saturated heterocycles. The molecule has 0 saturated carbocycles. The maximum atomic E-state index is 6.79. The molecule has 0 aromatic heterocycles. The van der Waals surface area contributed by atoms with Crippen LogP contribution in [0.15, 0.2) is 171 Å². The summed E-state index contributed by atoms with van der Waals surface area (Å²) in [6.07, 6.45) is 13.8. The van der Waals surface area contributed by atoms with Crippen LogP contribution in [-0.4, -0.2) is 0 Å². The lowest BCUT2D eigenvalue weighted by Crippen LogP contribution is -2.31. The fraction of sp³-hybridized carbons (Fsp3) is 0.0714. The van der Waals surface area contributed by atoms with Crippen LogP contribution < -0.4 is 19.9 Å². The molecule has 0 spiro atoms. The lowest BCUT2D eigenvalue weighted by atomic mass is 9.80. The SMILES string of the molecule is C=C/C=C\c1cccc2c1Oc1ccc(-c3ccc4c(c3)C(C)(C)c3cc(/C(=C/C=C)c5cccc6c5OC(/C=C\C)=c5c-6cccc5=C)ccc3-4)c3cccc-2c13. The van der Waals surface area contributed by atoms with Crippen molar-refractivity contribution >= 4 is 34.8 Å². The summed E-state index contributed by atoms with van der Waals surface area (Å²) < 4.78 is 13.4. The van der Waals surface area contributed by atoms with Crippen molar-refractivity contribution in [2.24, 2.45) is 0 Å². The molecule has 278 valence electrons. The Morgan fingerprint density at radius 2 is 1.33 bits per heavy atom. The largest absolute Gasteiger partial charge is 0.455 e. The fourth-order valence-corrected chi connectivity index (χ4v) is 9.38. The number of rotatable bonds is 7. The van der Waals surface area contributed by atoms with Gasteiger partial charge in [0.25, 0.3) is 0 Å². The monoisotopic (exact) mass is 746 g/mol. The summed E-state index contributed by atoms with van der Waals surface area (Å²) in [6, 6.07) is 43.9. The Morgan fingerprint density at radius 3 is 2.14 bits per heavy atom. The van der Waals surface area contributed by atoms with Crippen LogP contribution in [0.2, 0.25) is 0 Å². The lowest BCUT2D eigenvalue weighted by Gasteiger charge is -2.25. The number of benzene rings is 7. The second kappa shape index (κ2) is 13.5. The summed E-state index contributed by atoms with van der Waals surface area (Å²) in [6.45, 7) is 19.0. The summed E-state index contributed by atoms with van der Waals surface area (Å²) in [5.74, 6) is 3.41. The maximum Gasteiger partial charge on any atom is 0.143 e. The first-order valence-electron chi connectivity index (χ1n) is 19.9. The average molecular weight is 747 g/mol. The van der Waals surface area contributed by atoms with Crippen LogP contribution in [0.4, 0.5) is 0 Å². The normalized spacial score (nSPS) is 14.3. The van der Waals surface area contributed by atoms with Gasteiger partial charge in [0.05, 0.1) is 0 Å². The number of fused-ring (bicyclic) bond motifs is 8. The zero-order valence-electron chi connectivity index (χ0n) is 33.0. The van der Waals surface area contributed by atoms with E-state index in [1.165, 1.54) is 44.3 Å². The summed E-state index contributed by atoms with van der Waals surface area (Å²) in [5, 5.41) is 4.31. The van der Waals surface area contributed by atoms with Gasteiger partial charge in [-0.1, -0.05) is 173 Å². The molecule has 0 amide bonds. The Bertz CT molecular complexity index is 3150. The van der Waals surface area contributed by atoms with Gasteiger partial charge in [-0.15, -0.1) is 0 Å². The molecular weight excluding hydrogens is 705 g/mol. The van der Waals surface area contributed by atoms with E-state index >= 15 is 0 Å². The third-order valence-corrected chi connectivity index (χ3v) is 12.1. The molecule has 2 heteroatoms. The lowest BCUT2D eigenvalue weighted by molar-refractivity contribution is 0.486. The van der Waals surface area contributed by atoms with Gasteiger partial charge >= 0.3 is 0 Å². The van der Waals surface area contributed by atoms with Crippen LogP contribution >= 0.6 is 0 Å². The first-order valence-corrected chi connectivity index (χ1v) is 19.9. The van der Waals surface area contributed by atoms with Crippen molar-refractivity contribution < 1.29 is 9.47 Å². The molecule has 0 unspecified atom stereocenters. The van der Waals surface area contributed by atoms with Crippen molar-refractivity contribution in [1.82, 2.24) is 0 Å². The third-order valence-electron chi connectivity index (χ3n) is 12.1. The first-order chi connectivity index (χ1) is 28.3. The van der Waals surface area contributed by atoms with E-state index in [0.717, 1.165) is 77.8 Å². The second-order valence-corrected chi connectivity index (χ2v) is 15.7. The number of allylic oxidation sites excluding steroid dienone is 5. The Morgan fingerprint density at radius 1 is 0.621 bits per heavy atom. The van der Waals surface area contributed by atoms with Crippen molar-refractivity contribution in [2.45, 2.75) is 26.2 Å². The molecule has 2 aliphatic heterocycles. The number of ether oxygens (including phenoxy) is 2. The number of para-hydroxylation sites is 2. The van der Waals surface area contributed by atoms with Crippen molar-refractivity contribution in [3.63, 3.8) is 0 Å². The minimum Gasteiger partial charge on any atom is -0.455 e. The van der Waals surface area contributed by atoms with Crippen LogP contribution in [-0.2, 0) is 5.41 Å². The molecule has 58 heavy (non-hydrogen) atoms. The van der Waals surface area contributed by atoms with Gasteiger partial charge in [-0.05, 0) is 97.4 Å². The van der Waals surface area contributed by atoms with Gasteiger partial charge < -0.3 is 9.47 Å². The minimum atomic E-state index is -0.247. The van der Waals surface area contributed by atoms with Gasteiger partial charge in [-0.2, -0.15) is 0 Å². The van der Waals surface area contributed by atoms with Crippen LogP contribution in [0.1, 0.15) is 48.6 Å². The highest BCUT2D eigenvalue weighted by Gasteiger charge is 2.36. The van der Waals surface area contributed by atoms with Crippen LogP contribution in [0.5, 0.6) is 17.2 Å². The topological polar surface area (TPSA) is 18.5 Å². The summed E-state index contributed by atoms with van der Waals surface area (Å²) in [5.41, 5.74) is 16.0. The average Bonchev–Trinajstić information content (AvgIpc) is 3.47. The molecule has 0 N–H and O–H groups in total. The zero-order chi connectivity index (χ0) is 39.7. The summed E-state index contributed by atoms with van der Waals surface area (Å²) in [4.78, 5) is 0. The Hall–Kier alpha value is -7.16. The van der Waals surface area contributed by atoms with E-state index in [2.05, 4.69) is 161 Å². The van der Waals surface area contributed by atoms with E-state index in [1.54, 1.807) is 6.08 Å². The van der Waals surface area contributed by atoms with E-state index in [9.17, 15) is 0 Å². The molecule has 0 fully saturated rings. The van der Waals surface area contributed by atoms with E-state index in [1.807, 2.05) is 37.3 Å². The van der Waals surface area contributed by atoms with Gasteiger partial charge in [0, 0.05) is 38.3 Å². The van der Waals surface area contributed by atoms with Crippen molar-refractivity contribution in [2.75, 3.05) is 0 Å². The molecule has 0 radical (unpaired) electrons. The molecule has 10 rings (SSSR count). The van der Waals surface area contributed by atoms with E-state index in [-0.39, 0.29) is 5.41 Å². The zero-order valence-corrected chi connectivity index (χ0v) is 33.0. The van der Waals surface area contributed by atoms with Gasteiger partial charge in [0.1, 0.15) is 23.0 Å². The fourth-order valence-electron chi connectivity index (χ4n) is 9.38. The Balaban J connectivity index is 1.05. The van der Waals surface area contributed by atoms with Crippen molar-refractivity contribution in [3.8, 4) is 61.8 Å². The first kappa shape index (κ1) is 35.3. The summed E-state index contributed by atoms with van der Waals surface area (Å²) in [7, 11) is 0. The van der Waals surface area contributed by atoms with Crippen molar-refractivity contribution in [1.29, 1.82) is 0 Å². The molecule has 2 heterocycles. The van der Waals surface area contributed by atoms with Gasteiger partial charge in [-0.25, -0.2) is 0 Å². The van der Waals surface area contributed by atoms with Crippen LogP contribution in [0, 0.1) is 0 Å². The van der Waals surface area contributed by atoms with Gasteiger partial charge in [0.2, 0.25) is 0 Å². The third kappa shape index (κ3) is 5.26. The van der Waals surface area contributed by atoms with Crippen molar-refractivity contribution in [3.05, 3.63) is 209 Å². The minimum absolute atomic E-state index is 0.247. The number of hydrogen-bond donors (Lipinski definition) is 0. The molecule has 7 aromatic rings. The Kier molecular flexibility index (Phi) is 8.21. The predicted molar refractivity (Wildman–Crippen MR) is 244 cm³/mol. The second-order valence-electron chi connectivity index (χ2n) is 15.7. The van der Waals surface area contributed by atoms with Gasteiger partial charge in [-0.3, -0.25) is 0 Å². The molecule has 1 aliphatic carbocycles. The molecule has 0 atom stereocenters. The van der Waals surface area contributed by atoms with Gasteiger partial charge in [0.15, 0.2) is 0 Å². The number of hydrogen-bond acceptors (Lipinski definition) is 2. The van der Waals surface area contributed by atoms with E-state index in [4.69, 9.17) is 9.47 Å². The quantitative estimate of drug-likeness (QED) is 0.151. The van der Waals surface area contributed by atoms with Crippen LogP contribution in [0.3, 0.4) is 0 Å². The van der Waals surface area contributed by atoms with E-state index in [0.29, 0.717) is 0 Å². The molecule has 2 nitrogen and oxygen atoms in total. The smallest absolute Gasteiger partial charge is 0.143 e. The molecule has 3 aliphatic rings. The highest BCUT2D eigenvalue weighted by atomic mass is 16.5. The standard InChI is InChI=1S/C56H42O2/c1-7-10-18-35-19-12-23-46-44-22-13-21-42-39(30-31-51(53(42)44)57-54(35)46)37-27-29-41-40-28-26-36(32-48(40)56(5,6)49(41)33-37)38(15-8-2)45-24-14-25-47-43-20-11-17-34(4)52(43)50(16-9-3)58-55(45)47/h7-33H,1-2,4H2,3,5-6H3/b16-9-,18-10-,38-15-. The predicted octanol–water partition coefficient (Wildman–Crippen LogP) is 13.6.